The molecule has 0 unspecified atom stereocenters. The number of rotatable bonds is 8. The van der Waals surface area contributed by atoms with Gasteiger partial charge in [-0.05, 0) is 48.5 Å². The van der Waals surface area contributed by atoms with Crippen molar-refractivity contribution in [1.29, 1.82) is 0 Å². The molecule has 1 aromatic heterocycles. The van der Waals surface area contributed by atoms with Crippen molar-refractivity contribution in [1.82, 2.24) is 10.1 Å². The number of hydrogen-bond acceptors (Lipinski definition) is 8. The minimum atomic E-state index is -0.479. The number of aromatic nitrogens is 2. The third-order valence-electron chi connectivity index (χ3n) is 4.72. The van der Waals surface area contributed by atoms with Gasteiger partial charge in [0.2, 0.25) is 11.7 Å². The summed E-state index contributed by atoms with van der Waals surface area (Å²) in [6, 6.07) is 20.0. The first-order chi connectivity index (χ1) is 16.0. The molecule has 0 atom stereocenters. The summed E-state index contributed by atoms with van der Waals surface area (Å²) in [6.07, 6.45) is 0. The first-order valence-electron chi connectivity index (χ1n) is 9.88. The van der Waals surface area contributed by atoms with E-state index in [1.165, 1.54) is 12.1 Å². The van der Waals surface area contributed by atoms with Gasteiger partial charge in [-0.15, -0.1) is 0 Å². The van der Waals surface area contributed by atoms with Crippen molar-refractivity contribution in [3.8, 4) is 17.1 Å². The number of methoxy groups -OCH3 is 1. The van der Waals surface area contributed by atoms with Gasteiger partial charge in [-0.1, -0.05) is 17.3 Å². The minimum absolute atomic E-state index is 0.0481. The molecule has 1 heterocycles. The van der Waals surface area contributed by atoms with Crippen LogP contribution < -0.4 is 15.4 Å². The van der Waals surface area contributed by atoms with Crippen LogP contribution in [0.2, 0.25) is 0 Å². The standard InChI is InChI=1S/C23H19N5O5/c1-32-20-11-9-18(10-12-20)25-23(29)15-5-7-17(8-6-15)24-14-21-26-22(27-33-21)16-3-2-4-19(13-16)28(30)31/h2-13,24H,14H2,1H3,(H,25,29). The fourth-order valence-electron chi connectivity index (χ4n) is 3.00. The molecule has 0 aliphatic heterocycles. The summed E-state index contributed by atoms with van der Waals surface area (Å²) in [4.78, 5) is 27.1. The maximum atomic E-state index is 12.4. The number of carbonyl (C=O) groups is 1. The smallest absolute Gasteiger partial charge is 0.270 e. The summed E-state index contributed by atoms with van der Waals surface area (Å²) < 4.78 is 10.3. The van der Waals surface area contributed by atoms with E-state index in [1.54, 1.807) is 67.8 Å². The number of amides is 1. The molecule has 166 valence electrons. The van der Waals surface area contributed by atoms with E-state index in [0.29, 0.717) is 28.5 Å². The van der Waals surface area contributed by atoms with Gasteiger partial charge in [0.25, 0.3) is 11.6 Å². The molecule has 0 saturated carbocycles. The number of carbonyl (C=O) groups excluding carboxylic acids is 1. The maximum absolute atomic E-state index is 12.4. The number of nitrogens with one attached hydrogen (secondary N) is 2. The van der Waals surface area contributed by atoms with E-state index in [0.717, 1.165) is 5.69 Å². The zero-order valence-corrected chi connectivity index (χ0v) is 17.5. The lowest BCUT2D eigenvalue weighted by Gasteiger charge is -2.08. The molecule has 2 N–H and O–H groups in total. The summed E-state index contributed by atoms with van der Waals surface area (Å²) >= 11 is 0. The average molecular weight is 445 g/mol. The normalized spacial score (nSPS) is 10.5. The third-order valence-corrected chi connectivity index (χ3v) is 4.72. The Morgan fingerprint density at radius 1 is 1.06 bits per heavy atom. The van der Waals surface area contributed by atoms with Crippen LogP contribution in [0.1, 0.15) is 16.2 Å². The van der Waals surface area contributed by atoms with Gasteiger partial charge in [-0.3, -0.25) is 14.9 Å². The lowest BCUT2D eigenvalue weighted by atomic mass is 10.2. The Balaban J connectivity index is 1.34. The van der Waals surface area contributed by atoms with Gasteiger partial charge in [-0.25, -0.2) is 0 Å². The highest BCUT2D eigenvalue weighted by Gasteiger charge is 2.13. The second-order valence-electron chi connectivity index (χ2n) is 6.93. The predicted octanol–water partition coefficient (Wildman–Crippen LogP) is 4.52. The van der Waals surface area contributed by atoms with Crippen LogP contribution in [0, 0.1) is 10.1 Å². The van der Waals surface area contributed by atoms with Gasteiger partial charge in [0.05, 0.1) is 18.6 Å². The average Bonchev–Trinajstić information content (AvgIpc) is 3.33. The summed E-state index contributed by atoms with van der Waals surface area (Å²) in [6.45, 7) is 0.249. The van der Waals surface area contributed by atoms with E-state index in [9.17, 15) is 14.9 Å². The van der Waals surface area contributed by atoms with E-state index >= 15 is 0 Å². The number of non-ortho nitro benzene ring substituents is 1. The third kappa shape index (κ3) is 5.31. The van der Waals surface area contributed by atoms with E-state index in [1.807, 2.05) is 0 Å². The van der Waals surface area contributed by atoms with Crippen LogP contribution in [0.25, 0.3) is 11.4 Å². The topological polar surface area (TPSA) is 132 Å². The van der Waals surface area contributed by atoms with Gasteiger partial charge >= 0.3 is 0 Å². The number of nitro groups is 1. The van der Waals surface area contributed by atoms with Crippen molar-refractivity contribution < 1.29 is 19.0 Å². The fraction of sp³-hybridized carbons (Fsp3) is 0.0870. The van der Waals surface area contributed by atoms with Crippen LogP contribution in [0.5, 0.6) is 5.75 Å². The van der Waals surface area contributed by atoms with Crippen molar-refractivity contribution in [3.05, 3.63) is 94.4 Å². The van der Waals surface area contributed by atoms with Gasteiger partial charge in [0, 0.05) is 34.6 Å². The largest absolute Gasteiger partial charge is 0.497 e. The van der Waals surface area contributed by atoms with Crippen molar-refractivity contribution in [2.75, 3.05) is 17.7 Å². The molecule has 3 aromatic carbocycles. The summed E-state index contributed by atoms with van der Waals surface area (Å²) in [5, 5.41) is 20.8. The molecule has 0 spiro atoms. The monoisotopic (exact) mass is 445 g/mol. The molecule has 0 radical (unpaired) electrons. The van der Waals surface area contributed by atoms with Gasteiger partial charge in [-0.2, -0.15) is 4.98 Å². The second kappa shape index (κ2) is 9.60. The molecule has 0 saturated heterocycles. The number of ether oxygens (including phenoxy) is 1. The molecule has 4 rings (SSSR count). The number of nitrogens with zero attached hydrogens (tertiary/aromatic N) is 3. The van der Waals surface area contributed by atoms with Crippen LogP contribution in [-0.2, 0) is 6.54 Å². The Hall–Kier alpha value is -4.73. The molecule has 10 nitrogen and oxygen atoms in total. The van der Waals surface area contributed by atoms with Crippen LogP contribution >= 0.6 is 0 Å². The number of anilines is 2. The SMILES string of the molecule is COc1ccc(NC(=O)c2ccc(NCc3nc(-c4cccc([N+](=O)[O-])c4)no3)cc2)cc1. The molecule has 0 bridgehead atoms. The molecule has 1 amide bonds. The van der Waals surface area contributed by atoms with E-state index in [2.05, 4.69) is 20.8 Å². The van der Waals surface area contributed by atoms with E-state index in [-0.39, 0.29) is 24.0 Å². The van der Waals surface area contributed by atoms with Crippen LogP contribution in [0.4, 0.5) is 17.1 Å². The molecule has 33 heavy (non-hydrogen) atoms. The molecule has 4 aromatic rings. The zero-order valence-electron chi connectivity index (χ0n) is 17.5. The lowest BCUT2D eigenvalue weighted by molar-refractivity contribution is -0.384. The first kappa shape index (κ1) is 21.5. The first-order valence-corrected chi connectivity index (χ1v) is 9.88. The summed E-state index contributed by atoms with van der Waals surface area (Å²) in [5.74, 6) is 1.06. The van der Waals surface area contributed by atoms with Crippen molar-refractivity contribution in [2.45, 2.75) is 6.54 Å². The van der Waals surface area contributed by atoms with Crippen molar-refractivity contribution in [2.24, 2.45) is 0 Å². The highest BCUT2D eigenvalue weighted by Crippen LogP contribution is 2.22. The predicted molar refractivity (Wildman–Crippen MR) is 121 cm³/mol. The summed E-state index contributed by atoms with van der Waals surface area (Å²) in [7, 11) is 1.58. The fourth-order valence-corrected chi connectivity index (χ4v) is 3.00. The number of nitro benzene ring substituents is 1. The van der Waals surface area contributed by atoms with Crippen molar-refractivity contribution in [3.63, 3.8) is 0 Å². The Bertz CT molecular complexity index is 1270. The number of benzene rings is 3. The molecular formula is C23H19N5O5. The second-order valence-corrected chi connectivity index (χ2v) is 6.93. The number of hydrogen-bond donors (Lipinski definition) is 2. The maximum Gasteiger partial charge on any atom is 0.270 e. The Labute approximate surface area is 188 Å². The van der Waals surface area contributed by atoms with E-state index in [4.69, 9.17) is 9.26 Å². The van der Waals surface area contributed by atoms with Crippen LogP contribution in [0.3, 0.4) is 0 Å². The van der Waals surface area contributed by atoms with Crippen molar-refractivity contribution >= 4 is 23.0 Å². The van der Waals surface area contributed by atoms with Crippen LogP contribution in [-0.4, -0.2) is 28.1 Å². The summed E-state index contributed by atoms with van der Waals surface area (Å²) in [5.41, 5.74) is 2.37. The molecule has 0 aliphatic carbocycles. The van der Waals surface area contributed by atoms with Gasteiger partial charge in [0.1, 0.15) is 5.75 Å². The van der Waals surface area contributed by atoms with E-state index < -0.39 is 4.92 Å². The minimum Gasteiger partial charge on any atom is -0.497 e. The molecule has 10 heteroatoms. The quantitative estimate of drug-likeness (QED) is 0.299. The molecule has 0 fully saturated rings. The Kier molecular flexibility index (Phi) is 6.26. The molecule has 0 aliphatic rings. The molecular weight excluding hydrogens is 426 g/mol. The lowest BCUT2D eigenvalue weighted by Crippen LogP contribution is -2.11. The Morgan fingerprint density at radius 2 is 1.79 bits per heavy atom. The highest BCUT2D eigenvalue weighted by molar-refractivity contribution is 6.04. The highest BCUT2D eigenvalue weighted by atomic mass is 16.6. The Morgan fingerprint density at radius 3 is 2.48 bits per heavy atom. The van der Waals surface area contributed by atoms with Crippen LogP contribution in [0.15, 0.2) is 77.3 Å². The van der Waals surface area contributed by atoms with Gasteiger partial charge in [0.15, 0.2) is 0 Å². The van der Waals surface area contributed by atoms with Gasteiger partial charge < -0.3 is 19.9 Å². The zero-order chi connectivity index (χ0) is 23.2.